The SMILES string of the molecule is O=C(Nc1ccccc1)N1CCc2sccc2C1c1ccccc1. The van der Waals surface area contributed by atoms with E-state index in [1.807, 2.05) is 53.4 Å². The molecule has 4 heteroatoms. The average molecular weight is 334 g/mol. The van der Waals surface area contributed by atoms with Crippen molar-refractivity contribution in [3.05, 3.63) is 88.1 Å². The molecule has 3 aromatic rings. The monoisotopic (exact) mass is 334 g/mol. The van der Waals surface area contributed by atoms with Crippen molar-refractivity contribution in [2.45, 2.75) is 12.5 Å². The molecule has 0 fully saturated rings. The number of hydrogen-bond donors (Lipinski definition) is 1. The van der Waals surface area contributed by atoms with Crippen LogP contribution in [0.25, 0.3) is 0 Å². The Kier molecular flexibility index (Phi) is 4.05. The number of anilines is 1. The minimum atomic E-state index is -0.0492. The molecule has 0 radical (unpaired) electrons. The zero-order valence-corrected chi connectivity index (χ0v) is 14.0. The number of carbonyl (C=O) groups excluding carboxylic acids is 1. The number of urea groups is 1. The molecular formula is C20H18N2OS. The first-order valence-corrected chi connectivity index (χ1v) is 8.95. The Hall–Kier alpha value is -2.59. The molecule has 0 saturated heterocycles. The van der Waals surface area contributed by atoms with Crippen LogP contribution in [0.3, 0.4) is 0 Å². The minimum absolute atomic E-state index is 0.0232. The van der Waals surface area contributed by atoms with Crippen LogP contribution in [0.2, 0.25) is 0 Å². The molecule has 4 rings (SSSR count). The Morgan fingerprint density at radius 3 is 2.46 bits per heavy atom. The van der Waals surface area contributed by atoms with Crippen molar-refractivity contribution < 1.29 is 4.79 Å². The molecule has 1 aliphatic heterocycles. The predicted octanol–water partition coefficient (Wildman–Crippen LogP) is 4.93. The second-order valence-corrected chi connectivity index (χ2v) is 6.85. The zero-order chi connectivity index (χ0) is 16.4. The molecule has 1 aliphatic rings. The molecule has 1 unspecified atom stereocenters. The molecule has 2 aromatic carbocycles. The summed E-state index contributed by atoms with van der Waals surface area (Å²) in [5.41, 5.74) is 3.23. The van der Waals surface area contributed by atoms with Gasteiger partial charge in [0, 0.05) is 17.1 Å². The van der Waals surface area contributed by atoms with Crippen LogP contribution in [0.15, 0.2) is 72.1 Å². The molecule has 1 N–H and O–H groups in total. The van der Waals surface area contributed by atoms with Crippen molar-refractivity contribution in [3.8, 4) is 0 Å². The van der Waals surface area contributed by atoms with Gasteiger partial charge >= 0.3 is 6.03 Å². The Labute approximate surface area is 145 Å². The van der Waals surface area contributed by atoms with Gasteiger partial charge in [0.25, 0.3) is 0 Å². The van der Waals surface area contributed by atoms with Crippen molar-refractivity contribution in [1.29, 1.82) is 0 Å². The average Bonchev–Trinajstić information content (AvgIpc) is 3.11. The van der Waals surface area contributed by atoms with Gasteiger partial charge < -0.3 is 10.2 Å². The van der Waals surface area contributed by atoms with Crippen molar-refractivity contribution in [3.63, 3.8) is 0 Å². The van der Waals surface area contributed by atoms with Crippen LogP contribution < -0.4 is 5.32 Å². The molecule has 2 heterocycles. The third-order valence-electron chi connectivity index (χ3n) is 4.37. The molecular weight excluding hydrogens is 316 g/mol. The summed E-state index contributed by atoms with van der Waals surface area (Å²) in [4.78, 5) is 16.2. The maximum Gasteiger partial charge on any atom is 0.322 e. The minimum Gasteiger partial charge on any atom is -0.313 e. The van der Waals surface area contributed by atoms with Gasteiger partial charge in [-0.3, -0.25) is 0 Å². The van der Waals surface area contributed by atoms with E-state index in [0.29, 0.717) is 0 Å². The van der Waals surface area contributed by atoms with Gasteiger partial charge in [0.1, 0.15) is 0 Å². The highest BCUT2D eigenvalue weighted by atomic mass is 32.1. The van der Waals surface area contributed by atoms with Gasteiger partial charge in [-0.25, -0.2) is 4.79 Å². The summed E-state index contributed by atoms with van der Waals surface area (Å²) >= 11 is 1.78. The normalized spacial score (nSPS) is 16.5. The molecule has 1 aromatic heterocycles. The van der Waals surface area contributed by atoms with E-state index < -0.39 is 0 Å². The highest BCUT2D eigenvalue weighted by Crippen LogP contribution is 2.37. The fourth-order valence-electron chi connectivity index (χ4n) is 3.25. The lowest BCUT2D eigenvalue weighted by Gasteiger charge is -2.36. The number of hydrogen-bond acceptors (Lipinski definition) is 2. The number of nitrogens with one attached hydrogen (secondary N) is 1. The van der Waals surface area contributed by atoms with Gasteiger partial charge in [-0.2, -0.15) is 0 Å². The van der Waals surface area contributed by atoms with Crippen LogP contribution >= 0.6 is 11.3 Å². The van der Waals surface area contributed by atoms with E-state index in [9.17, 15) is 4.79 Å². The highest BCUT2D eigenvalue weighted by Gasteiger charge is 2.32. The Balaban J connectivity index is 1.67. The van der Waals surface area contributed by atoms with Crippen LogP contribution in [0, 0.1) is 0 Å². The lowest BCUT2D eigenvalue weighted by Crippen LogP contribution is -2.42. The smallest absolute Gasteiger partial charge is 0.313 e. The summed E-state index contributed by atoms with van der Waals surface area (Å²) in [5.74, 6) is 0. The number of thiophene rings is 1. The molecule has 2 amide bonds. The van der Waals surface area contributed by atoms with E-state index in [2.05, 4.69) is 28.9 Å². The van der Waals surface area contributed by atoms with E-state index >= 15 is 0 Å². The Morgan fingerprint density at radius 2 is 1.71 bits per heavy atom. The number of nitrogens with zero attached hydrogens (tertiary/aromatic N) is 1. The van der Waals surface area contributed by atoms with Gasteiger partial charge in [-0.05, 0) is 41.1 Å². The van der Waals surface area contributed by atoms with Crippen molar-refractivity contribution in [2.75, 3.05) is 11.9 Å². The number of fused-ring (bicyclic) bond motifs is 1. The van der Waals surface area contributed by atoms with Crippen LogP contribution in [-0.2, 0) is 6.42 Å². The first-order chi connectivity index (χ1) is 11.8. The van der Waals surface area contributed by atoms with Crippen LogP contribution in [0.1, 0.15) is 22.0 Å². The molecule has 24 heavy (non-hydrogen) atoms. The van der Waals surface area contributed by atoms with Crippen LogP contribution in [-0.4, -0.2) is 17.5 Å². The number of rotatable bonds is 2. The molecule has 0 aliphatic carbocycles. The molecule has 0 bridgehead atoms. The maximum atomic E-state index is 12.9. The fraction of sp³-hybridized carbons (Fsp3) is 0.150. The second-order valence-electron chi connectivity index (χ2n) is 5.85. The molecule has 0 spiro atoms. The zero-order valence-electron chi connectivity index (χ0n) is 13.2. The van der Waals surface area contributed by atoms with E-state index in [4.69, 9.17) is 0 Å². The van der Waals surface area contributed by atoms with Crippen molar-refractivity contribution in [2.24, 2.45) is 0 Å². The largest absolute Gasteiger partial charge is 0.322 e. The van der Waals surface area contributed by atoms with E-state index in [0.717, 1.165) is 24.2 Å². The first-order valence-electron chi connectivity index (χ1n) is 8.07. The lowest BCUT2D eigenvalue weighted by atomic mass is 9.93. The first kappa shape index (κ1) is 15.0. The standard InChI is InChI=1S/C20H18N2OS/c23-20(21-16-9-5-2-6-10-16)22-13-11-18-17(12-14-24-18)19(22)15-7-3-1-4-8-15/h1-10,12,14,19H,11,13H2,(H,21,23). The lowest BCUT2D eigenvalue weighted by molar-refractivity contribution is 0.194. The third kappa shape index (κ3) is 2.81. The maximum absolute atomic E-state index is 12.9. The predicted molar refractivity (Wildman–Crippen MR) is 98.5 cm³/mol. The summed E-state index contributed by atoms with van der Waals surface area (Å²) in [5, 5.41) is 5.15. The summed E-state index contributed by atoms with van der Waals surface area (Å²) in [7, 11) is 0. The van der Waals surface area contributed by atoms with Crippen LogP contribution in [0.5, 0.6) is 0 Å². The summed E-state index contributed by atoms with van der Waals surface area (Å²) < 4.78 is 0. The number of benzene rings is 2. The van der Waals surface area contributed by atoms with E-state index in [1.165, 1.54) is 10.4 Å². The van der Waals surface area contributed by atoms with E-state index in [-0.39, 0.29) is 12.1 Å². The number of carbonyl (C=O) groups is 1. The third-order valence-corrected chi connectivity index (χ3v) is 5.36. The van der Waals surface area contributed by atoms with Crippen molar-refractivity contribution >= 4 is 23.1 Å². The van der Waals surface area contributed by atoms with Crippen molar-refractivity contribution in [1.82, 2.24) is 4.90 Å². The topological polar surface area (TPSA) is 32.3 Å². The van der Waals surface area contributed by atoms with Crippen LogP contribution in [0.4, 0.5) is 10.5 Å². The molecule has 3 nitrogen and oxygen atoms in total. The summed E-state index contributed by atoms with van der Waals surface area (Å²) in [6.07, 6.45) is 0.915. The second kappa shape index (κ2) is 6.49. The Bertz CT molecular complexity index is 829. The fourth-order valence-corrected chi connectivity index (χ4v) is 4.15. The van der Waals surface area contributed by atoms with Gasteiger partial charge in [-0.15, -0.1) is 11.3 Å². The van der Waals surface area contributed by atoms with Gasteiger partial charge in [0.2, 0.25) is 0 Å². The summed E-state index contributed by atoms with van der Waals surface area (Å²) in [6, 6.07) is 22.0. The molecule has 1 atom stereocenters. The molecule has 120 valence electrons. The summed E-state index contributed by atoms with van der Waals surface area (Å²) in [6.45, 7) is 0.728. The Morgan fingerprint density at radius 1 is 1.00 bits per heavy atom. The van der Waals surface area contributed by atoms with Gasteiger partial charge in [0.15, 0.2) is 0 Å². The highest BCUT2D eigenvalue weighted by molar-refractivity contribution is 7.10. The van der Waals surface area contributed by atoms with Gasteiger partial charge in [-0.1, -0.05) is 48.5 Å². The molecule has 0 saturated carbocycles. The quantitative estimate of drug-likeness (QED) is 0.708. The van der Waals surface area contributed by atoms with E-state index in [1.54, 1.807) is 11.3 Å². The number of amides is 2. The number of para-hydroxylation sites is 1. The van der Waals surface area contributed by atoms with Gasteiger partial charge in [0.05, 0.1) is 6.04 Å².